The highest BCUT2D eigenvalue weighted by Gasteiger charge is 2.25. The fourth-order valence-corrected chi connectivity index (χ4v) is 3.47. The Hall–Kier alpha value is -2.08. The Labute approximate surface area is 149 Å². The lowest BCUT2D eigenvalue weighted by Gasteiger charge is -2.32. The van der Waals surface area contributed by atoms with Crippen LogP contribution in [-0.4, -0.2) is 46.0 Å². The van der Waals surface area contributed by atoms with Crippen molar-refractivity contribution in [2.45, 2.75) is 45.3 Å². The van der Waals surface area contributed by atoms with E-state index in [0.29, 0.717) is 5.92 Å². The minimum absolute atomic E-state index is 0.138. The van der Waals surface area contributed by atoms with Crippen molar-refractivity contribution in [2.24, 2.45) is 7.05 Å². The van der Waals surface area contributed by atoms with E-state index in [0.717, 1.165) is 37.0 Å². The lowest BCUT2D eigenvalue weighted by molar-refractivity contribution is 0.187. The third kappa shape index (κ3) is 4.31. The molecule has 0 N–H and O–H groups in total. The Bertz CT molecular complexity index is 698. The normalized spacial score (nSPS) is 18.5. The van der Waals surface area contributed by atoms with Crippen molar-refractivity contribution in [1.29, 1.82) is 0 Å². The highest BCUT2D eigenvalue weighted by atomic mass is 16.5. The summed E-state index contributed by atoms with van der Waals surface area (Å²) in [7, 11) is 3.70. The maximum Gasteiger partial charge on any atom is 0.136 e. The predicted molar refractivity (Wildman–Crippen MR) is 97.0 cm³/mol. The van der Waals surface area contributed by atoms with Crippen LogP contribution in [0.2, 0.25) is 0 Å². The smallest absolute Gasteiger partial charge is 0.136 e. The molecular weight excluding hydrogens is 316 g/mol. The van der Waals surface area contributed by atoms with Crippen LogP contribution in [0, 0.1) is 0 Å². The zero-order chi connectivity index (χ0) is 17.8. The number of hydrogen-bond donors (Lipinski definition) is 0. The molecule has 2 aromatic rings. The van der Waals surface area contributed by atoms with E-state index in [1.165, 1.54) is 18.4 Å². The Balaban J connectivity index is 1.74. The van der Waals surface area contributed by atoms with Crippen LogP contribution < -0.4 is 9.47 Å². The van der Waals surface area contributed by atoms with Gasteiger partial charge in [-0.3, -0.25) is 4.90 Å². The van der Waals surface area contributed by atoms with Crippen LogP contribution in [0.1, 0.15) is 44.0 Å². The molecule has 1 fully saturated rings. The van der Waals surface area contributed by atoms with Gasteiger partial charge in [0.25, 0.3) is 0 Å². The highest BCUT2D eigenvalue weighted by molar-refractivity contribution is 5.41. The van der Waals surface area contributed by atoms with E-state index in [9.17, 15) is 0 Å². The largest absolute Gasteiger partial charge is 0.497 e. The van der Waals surface area contributed by atoms with E-state index in [-0.39, 0.29) is 6.10 Å². The van der Waals surface area contributed by atoms with Gasteiger partial charge in [-0.1, -0.05) is 6.07 Å². The standard InChI is InChI=1S/C19H28N4O2/c1-14(2)25-18-10-17(24-4)8-7-15(18)11-23-9-5-6-16(12-23)19-21-20-13-22(19)3/h7-8,10,13-14,16H,5-6,9,11-12H2,1-4H3. The number of aryl methyl sites for hydroxylation is 1. The van der Waals surface area contributed by atoms with Crippen LogP contribution in [0.5, 0.6) is 11.5 Å². The number of benzene rings is 1. The number of piperidine rings is 1. The fourth-order valence-electron chi connectivity index (χ4n) is 3.47. The second-order valence-electron chi connectivity index (χ2n) is 7.01. The van der Waals surface area contributed by atoms with Gasteiger partial charge in [-0.15, -0.1) is 10.2 Å². The number of likely N-dealkylation sites (tertiary alicyclic amines) is 1. The van der Waals surface area contributed by atoms with Gasteiger partial charge in [0.05, 0.1) is 13.2 Å². The molecule has 1 aliphatic rings. The van der Waals surface area contributed by atoms with Gasteiger partial charge in [0.15, 0.2) is 0 Å². The topological polar surface area (TPSA) is 52.4 Å². The molecule has 0 bridgehead atoms. The van der Waals surface area contributed by atoms with Gasteiger partial charge in [-0.25, -0.2) is 0 Å². The van der Waals surface area contributed by atoms with Crippen LogP contribution in [0.25, 0.3) is 0 Å². The number of nitrogens with zero attached hydrogens (tertiary/aromatic N) is 4. The van der Waals surface area contributed by atoms with Crippen molar-refractivity contribution in [3.05, 3.63) is 35.9 Å². The number of rotatable bonds is 6. The molecule has 1 saturated heterocycles. The first kappa shape index (κ1) is 17.7. The van der Waals surface area contributed by atoms with Crippen molar-refractivity contribution in [3.63, 3.8) is 0 Å². The van der Waals surface area contributed by atoms with Gasteiger partial charge in [0.2, 0.25) is 0 Å². The average molecular weight is 344 g/mol. The minimum atomic E-state index is 0.138. The molecule has 1 atom stereocenters. The first-order chi connectivity index (χ1) is 12.1. The van der Waals surface area contributed by atoms with Crippen molar-refractivity contribution < 1.29 is 9.47 Å². The van der Waals surface area contributed by atoms with E-state index >= 15 is 0 Å². The Kier molecular flexibility index (Phi) is 5.58. The first-order valence-corrected chi connectivity index (χ1v) is 8.96. The lowest BCUT2D eigenvalue weighted by Crippen LogP contribution is -2.35. The van der Waals surface area contributed by atoms with Crippen LogP contribution in [0.15, 0.2) is 24.5 Å². The number of hydrogen-bond acceptors (Lipinski definition) is 5. The minimum Gasteiger partial charge on any atom is -0.497 e. The van der Waals surface area contributed by atoms with Gasteiger partial charge < -0.3 is 14.0 Å². The van der Waals surface area contributed by atoms with E-state index in [1.807, 2.05) is 37.6 Å². The Morgan fingerprint density at radius 3 is 2.84 bits per heavy atom. The molecular formula is C19H28N4O2. The second kappa shape index (κ2) is 7.87. The molecule has 3 rings (SSSR count). The van der Waals surface area contributed by atoms with Gasteiger partial charge in [0.1, 0.15) is 23.7 Å². The van der Waals surface area contributed by atoms with Crippen molar-refractivity contribution in [1.82, 2.24) is 19.7 Å². The maximum atomic E-state index is 6.01. The lowest BCUT2D eigenvalue weighted by atomic mass is 9.96. The van der Waals surface area contributed by atoms with Crippen molar-refractivity contribution >= 4 is 0 Å². The summed E-state index contributed by atoms with van der Waals surface area (Å²) in [6, 6.07) is 6.11. The Morgan fingerprint density at radius 2 is 2.16 bits per heavy atom. The molecule has 1 aromatic carbocycles. The fraction of sp³-hybridized carbons (Fsp3) is 0.579. The first-order valence-electron chi connectivity index (χ1n) is 8.96. The van der Waals surface area contributed by atoms with Gasteiger partial charge in [-0.2, -0.15) is 0 Å². The average Bonchev–Trinajstić information content (AvgIpc) is 3.02. The van der Waals surface area contributed by atoms with E-state index in [1.54, 1.807) is 13.4 Å². The van der Waals surface area contributed by atoms with Gasteiger partial charge >= 0.3 is 0 Å². The summed E-state index contributed by atoms with van der Waals surface area (Å²) in [5.74, 6) is 3.26. The molecule has 0 spiro atoms. The van der Waals surface area contributed by atoms with Crippen LogP contribution in [0.4, 0.5) is 0 Å². The molecule has 2 heterocycles. The van der Waals surface area contributed by atoms with E-state index in [4.69, 9.17) is 9.47 Å². The highest BCUT2D eigenvalue weighted by Crippen LogP contribution is 2.30. The number of aromatic nitrogens is 3. The monoisotopic (exact) mass is 344 g/mol. The van der Waals surface area contributed by atoms with E-state index < -0.39 is 0 Å². The third-order valence-electron chi connectivity index (χ3n) is 4.65. The van der Waals surface area contributed by atoms with Crippen LogP contribution in [-0.2, 0) is 13.6 Å². The molecule has 136 valence electrons. The molecule has 1 unspecified atom stereocenters. The molecule has 25 heavy (non-hydrogen) atoms. The van der Waals surface area contributed by atoms with Crippen molar-refractivity contribution in [3.8, 4) is 11.5 Å². The SMILES string of the molecule is COc1ccc(CN2CCCC(c3nncn3C)C2)c(OC(C)C)c1. The van der Waals surface area contributed by atoms with Crippen LogP contribution in [0.3, 0.4) is 0 Å². The van der Waals surface area contributed by atoms with E-state index in [2.05, 4.69) is 21.2 Å². The molecule has 1 aromatic heterocycles. The number of ether oxygens (including phenoxy) is 2. The zero-order valence-electron chi connectivity index (χ0n) is 15.6. The van der Waals surface area contributed by atoms with Gasteiger partial charge in [0, 0.05) is 37.7 Å². The molecule has 1 aliphatic heterocycles. The predicted octanol–water partition coefficient (Wildman–Crippen LogP) is 2.99. The summed E-state index contributed by atoms with van der Waals surface area (Å²) in [5, 5.41) is 8.34. The molecule has 0 amide bonds. The quantitative estimate of drug-likeness (QED) is 0.806. The summed E-state index contributed by atoms with van der Waals surface area (Å²) in [5.41, 5.74) is 1.20. The summed E-state index contributed by atoms with van der Waals surface area (Å²) < 4.78 is 13.4. The zero-order valence-corrected chi connectivity index (χ0v) is 15.6. The third-order valence-corrected chi connectivity index (χ3v) is 4.65. The summed E-state index contributed by atoms with van der Waals surface area (Å²) in [4.78, 5) is 2.48. The molecule has 6 nitrogen and oxygen atoms in total. The maximum absolute atomic E-state index is 6.01. The summed E-state index contributed by atoms with van der Waals surface area (Å²) >= 11 is 0. The number of methoxy groups -OCH3 is 1. The molecule has 6 heteroatoms. The second-order valence-corrected chi connectivity index (χ2v) is 7.01. The summed E-state index contributed by atoms with van der Waals surface area (Å²) in [6.45, 7) is 7.07. The Morgan fingerprint density at radius 1 is 1.32 bits per heavy atom. The van der Waals surface area contributed by atoms with Crippen LogP contribution >= 0.6 is 0 Å². The summed E-state index contributed by atoms with van der Waals surface area (Å²) in [6.07, 6.45) is 4.26. The molecule has 0 radical (unpaired) electrons. The molecule has 0 saturated carbocycles. The molecule has 0 aliphatic carbocycles. The van der Waals surface area contributed by atoms with Crippen molar-refractivity contribution in [2.75, 3.05) is 20.2 Å². The van der Waals surface area contributed by atoms with Gasteiger partial charge in [-0.05, 0) is 39.3 Å².